The van der Waals surface area contributed by atoms with Crippen LogP contribution in [0, 0.1) is 0 Å². The topological polar surface area (TPSA) is 26.3 Å². The minimum atomic E-state index is -0.288. The molecule has 0 radical (unpaired) electrons. The van der Waals surface area contributed by atoms with Crippen molar-refractivity contribution >= 4 is 27.6 Å². The predicted octanol–water partition coefficient (Wildman–Crippen LogP) is 4.57. The summed E-state index contributed by atoms with van der Waals surface area (Å²) in [6.45, 7) is 1.41. The van der Waals surface area contributed by atoms with E-state index in [0.29, 0.717) is 5.75 Å². The smallest absolute Gasteiger partial charge is 0.308 e. The van der Waals surface area contributed by atoms with Crippen molar-refractivity contribution in [2.75, 3.05) is 6.26 Å². The normalized spacial score (nSPS) is 12.1. The molecule has 3 aromatic rings. The van der Waals surface area contributed by atoms with Gasteiger partial charge in [0.2, 0.25) is 0 Å². The average Bonchev–Trinajstić information content (AvgIpc) is 2.55. The van der Waals surface area contributed by atoms with E-state index in [4.69, 9.17) is 4.74 Å². The molecule has 0 fully saturated rings. The molecular formula is C20H19O2S+. The van der Waals surface area contributed by atoms with Crippen LogP contribution in [0.1, 0.15) is 12.5 Å². The molecule has 3 heteroatoms. The number of fused-ring (bicyclic) bond motifs is 1. The molecule has 2 nitrogen and oxygen atoms in total. The van der Waals surface area contributed by atoms with E-state index >= 15 is 0 Å². The van der Waals surface area contributed by atoms with Gasteiger partial charge in [0.1, 0.15) is 17.8 Å². The van der Waals surface area contributed by atoms with Crippen LogP contribution in [0.4, 0.5) is 0 Å². The summed E-state index contributed by atoms with van der Waals surface area (Å²) in [7, 11) is 0.111. The number of carbonyl (C=O) groups is 1. The van der Waals surface area contributed by atoms with Crippen molar-refractivity contribution in [2.24, 2.45) is 0 Å². The quantitative estimate of drug-likeness (QED) is 0.399. The number of hydrogen-bond acceptors (Lipinski definition) is 2. The monoisotopic (exact) mass is 323 g/mol. The van der Waals surface area contributed by atoms with Crippen LogP contribution in [0.15, 0.2) is 71.6 Å². The third kappa shape index (κ3) is 3.93. The van der Waals surface area contributed by atoms with Crippen LogP contribution in [0.2, 0.25) is 0 Å². The third-order valence-corrected chi connectivity index (χ3v) is 5.53. The van der Waals surface area contributed by atoms with Crippen LogP contribution in [-0.2, 0) is 21.4 Å². The Morgan fingerprint density at radius 1 is 0.957 bits per heavy atom. The predicted molar refractivity (Wildman–Crippen MR) is 97.0 cm³/mol. The van der Waals surface area contributed by atoms with Crippen molar-refractivity contribution in [3.63, 3.8) is 0 Å². The van der Waals surface area contributed by atoms with Gasteiger partial charge in [-0.25, -0.2) is 0 Å². The first-order chi connectivity index (χ1) is 11.1. The molecule has 23 heavy (non-hydrogen) atoms. The van der Waals surface area contributed by atoms with Gasteiger partial charge >= 0.3 is 5.97 Å². The molecule has 1 atom stereocenters. The van der Waals surface area contributed by atoms with Gasteiger partial charge in [-0.2, -0.15) is 0 Å². The van der Waals surface area contributed by atoms with Crippen molar-refractivity contribution in [1.82, 2.24) is 0 Å². The number of benzene rings is 3. The second-order valence-corrected chi connectivity index (χ2v) is 7.56. The molecule has 0 saturated carbocycles. The number of hydrogen-bond donors (Lipinski definition) is 0. The highest BCUT2D eigenvalue weighted by Gasteiger charge is 2.16. The van der Waals surface area contributed by atoms with Gasteiger partial charge in [-0.1, -0.05) is 36.4 Å². The molecular weight excluding hydrogens is 304 g/mol. The van der Waals surface area contributed by atoms with Crippen LogP contribution in [0.5, 0.6) is 5.75 Å². The molecule has 116 valence electrons. The summed E-state index contributed by atoms with van der Waals surface area (Å²) in [5.41, 5.74) is 1.35. The Bertz CT molecular complexity index is 824. The molecule has 3 rings (SSSR count). The molecule has 0 amide bonds. The summed E-state index contributed by atoms with van der Waals surface area (Å²) in [6, 6.07) is 22.9. The minimum Gasteiger partial charge on any atom is -0.427 e. The Morgan fingerprint density at radius 2 is 1.65 bits per heavy atom. The van der Waals surface area contributed by atoms with Gasteiger partial charge < -0.3 is 4.74 Å². The highest BCUT2D eigenvalue weighted by atomic mass is 32.2. The Morgan fingerprint density at radius 3 is 2.35 bits per heavy atom. The van der Waals surface area contributed by atoms with E-state index < -0.39 is 0 Å². The zero-order valence-corrected chi connectivity index (χ0v) is 14.1. The van der Waals surface area contributed by atoms with Crippen LogP contribution in [-0.4, -0.2) is 12.2 Å². The third-order valence-electron chi connectivity index (χ3n) is 3.68. The molecule has 0 saturated heterocycles. The van der Waals surface area contributed by atoms with Crippen molar-refractivity contribution in [3.8, 4) is 5.75 Å². The molecule has 3 aromatic carbocycles. The first-order valence-electron chi connectivity index (χ1n) is 7.50. The molecule has 0 N–H and O–H groups in total. The van der Waals surface area contributed by atoms with Gasteiger partial charge in [0.05, 0.1) is 0 Å². The highest BCUT2D eigenvalue weighted by molar-refractivity contribution is 7.95. The molecule has 0 aliphatic rings. The van der Waals surface area contributed by atoms with Crippen molar-refractivity contribution in [2.45, 2.75) is 17.6 Å². The Kier molecular flexibility index (Phi) is 4.68. The SMILES string of the molecule is CC(=O)Oc1ccc([S+](C)Cc2ccc3ccccc3c2)cc1. The molecule has 0 heterocycles. The zero-order valence-electron chi connectivity index (χ0n) is 13.3. The lowest BCUT2D eigenvalue weighted by Crippen LogP contribution is -2.05. The molecule has 1 unspecified atom stereocenters. The lowest BCUT2D eigenvalue weighted by atomic mass is 10.1. The standard InChI is InChI=1S/C20H19O2S/c1-15(21)22-19-9-11-20(12-10-19)23(2)14-16-7-8-17-5-3-4-6-18(17)13-16/h3-13H,14H2,1-2H3/q+1. The van der Waals surface area contributed by atoms with Crippen molar-refractivity contribution < 1.29 is 9.53 Å². The Balaban J connectivity index is 1.74. The minimum absolute atomic E-state index is 0.111. The highest BCUT2D eigenvalue weighted by Crippen LogP contribution is 2.22. The van der Waals surface area contributed by atoms with Gasteiger partial charge in [0.15, 0.2) is 4.90 Å². The van der Waals surface area contributed by atoms with E-state index in [-0.39, 0.29) is 16.9 Å². The number of carbonyl (C=O) groups excluding carboxylic acids is 1. The number of rotatable bonds is 4. The zero-order chi connectivity index (χ0) is 16.2. The van der Waals surface area contributed by atoms with Gasteiger partial charge in [-0.05, 0) is 41.1 Å². The van der Waals surface area contributed by atoms with E-state index in [1.807, 2.05) is 24.3 Å². The number of esters is 1. The first-order valence-corrected chi connectivity index (χ1v) is 9.31. The van der Waals surface area contributed by atoms with E-state index in [1.54, 1.807) is 0 Å². The summed E-state index contributed by atoms with van der Waals surface area (Å²) < 4.78 is 5.08. The largest absolute Gasteiger partial charge is 0.427 e. The average molecular weight is 323 g/mol. The van der Waals surface area contributed by atoms with Crippen molar-refractivity contribution in [1.29, 1.82) is 0 Å². The van der Waals surface area contributed by atoms with Gasteiger partial charge in [-0.3, -0.25) is 4.79 Å². The molecule has 0 spiro atoms. The maximum absolute atomic E-state index is 11.0. The van der Waals surface area contributed by atoms with E-state index in [9.17, 15) is 4.79 Å². The number of ether oxygens (including phenoxy) is 1. The summed E-state index contributed by atoms with van der Waals surface area (Å²) in [5.74, 6) is 1.32. The summed E-state index contributed by atoms with van der Waals surface area (Å²) >= 11 is 0. The lowest BCUT2D eigenvalue weighted by Gasteiger charge is -2.06. The molecule has 0 aliphatic carbocycles. The molecule has 0 bridgehead atoms. The van der Waals surface area contributed by atoms with Gasteiger partial charge in [0.25, 0.3) is 0 Å². The molecule has 0 aliphatic heterocycles. The Labute approximate surface area is 139 Å². The second-order valence-electron chi connectivity index (χ2n) is 5.53. The maximum Gasteiger partial charge on any atom is 0.308 e. The van der Waals surface area contributed by atoms with Crippen LogP contribution < -0.4 is 4.74 Å². The van der Waals surface area contributed by atoms with E-state index in [1.165, 1.54) is 28.2 Å². The fraction of sp³-hybridized carbons (Fsp3) is 0.150. The summed E-state index contributed by atoms with van der Waals surface area (Å²) in [5, 5.41) is 2.56. The summed E-state index contributed by atoms with van der Waals surface area (Å²) in [4.78, 5) is 12.2. The first kappa shape index (κ1) is 15.6. The van der Waals surface area contributed by atoms with Gasteiger partial charge in [-0.15, -0.1) is 0 Å². The fourth-order valence-electron chi connectivity index (χ4n) is 2.57. The lowest BCUT2D eigenvalue weighted by molar-refractivity contribution is -0.131. The van der Waals surface area contributed by atoms with Crippen molar-refractivity contribution in [3.05, 3.63) is 72.3 Å². The van der Waals surface area contributed by atoms with Crippen LogP contribution in [0.3, 0.4) is 0 Å². The molecule has 0 aromatic heterocycles. The maximum atomic E-state index is 11.0. The Hall–Kier alpha value is -2.26. The fourth-order valence-corrected chi connectivity index (χ4v) is 4.01. The summed E-state index contributed by atoms with van der Waals surface area (Å²) in [6.07, 6.45) is 2.25. The van der Waals surface area contributed by atoms with Gasteiger partial charge in [0, 0.05) is 23.4 Å². The van der Waals surface area contributed by atoms with E-state index in [0.717, 1.165) is 5.75 Å². The van der Waals surface area contributed by atoms with Crippen LogP contribution in [0.25, 0.3) is 10.8 Å². The van der Waals surface area contributed by atoms with Crippen LogP contribution >= 0.6 is 0 Å². The second kappa shape index (κ2) is 6.88. The van der Waals surface area contributed by atoms with E-state index in [2.05, 4.69) is 48.7 Å².